The van der Waals surface area contributed by atoms with Gasteiger partial charge in [-0.15, -0.1) is 0 Å². The topological polar surface area (TPSA) is 47.9 Å². The van der Waals surface area contributed by atoms with Crippen molar-refractivity contribution in [3.05, 3.63) is 0 Å². The second-order valence-electron chi connectivity index (χ2n) is 2.53. The van der Waals surface area contributed by atoms with Gasteiger partial charge in [-0.2, -0.15) is 0 Å². The van der Waals surface area contributed by atoms with Gasteiger partial charge in [-0.1, -0.05) is 0 Å². The Labute approximate surface area is 66.1 Å². The van der Waals surface area contributed by atoms with Crippen molar-refractivity contribution in [3.8, 4) is 0 Å². The highest BCUT2D eigenvalue weighted by Crippen LogP contribution is 2.22. The highest BCUT2D eigenvalue weighted by atomic mass is 16.7. The molecule has 0 aromatic carbocycles. The standard InChI is InChI=1S/C7H14O4/c1-9-5-3-7(10-2)11-6(5)4-8/h5-8H,3-4H2,1-2H3/t5-,6+,7?/m0/s1. The smallest absolute Gasteiger partial charge is 0.160 e. The van der Waals surface area contributed by atoms with Crippen LogP contribution < -0.4 is 0 Å². The van der Waals surface area contributed by atoms with Crippen molar-refractivity contribution >= 4 is 0 Å². The Morgan fingerprint density at radius 3 is 2.55 bits per heavy atom. The van der Waals surface area contributed by atoms with Gasteiger partial charge in [0.05, 0.1) is 12.7 Å². The lowest BCUT2D eigenvalue weighted by atomic mass is 10.2. The minimum atomic E-state index is -0.232. The highest BCUT2D eigenvalue weighted by Gasteiger charge is 2.34. The molecule has 0 aromatic rings. The van der Waals surface area contributed by atoms with Gasteiger partial charge in [0.15, 0.2) is 6.29 Å². The number of methoxy groups -OCH3 is 2. The van der Waals surface area contributed by atoms with Gasteiger partial charge in [0.2, 0.25) is 0 Å². The van der Waals surface area contributed by atoms with Crippen LogP contribution in [0.3, 0.4) is 0 Å². The molecule has 1 N–H and O–H groups in total. The maximum absolute atomic E-state index is 8.82. The summed E-state index contributed by atoms with van der Waals surface area (Å²) in [5, 5.41) is 8.82. The molecule has 1 fully saturated rings. The second kappa shape index (κ2) is 4.01. The van der Waals surface area contributed by atoms with E-state index in [9.17, 15) is 0 Å². The van der Waals surface area contributed by atoms with Crippen LogP contribution in [0.2, 0.25) is 0 Å². The van der Waals surface area contributed by atoms with Gasteiger partial charge in [0.1, 0.15) is 6.10 Å². The van der Waals surface area contributed by atoms with E-state index in [1.54, 1.807) is 14.2 Å². The summed E-state index contributed by atoms with van der Waals surface area (Å²) in [6.45, 7) is -0.0155. The van der Waals surface area contributed by atoms with Crippen molar-refractivity contribution in [2.45, 2.75) is 24.9 Å². The molecule has 1 aliphatic rings. The van der Waals surface area contributed by atoms with Crippen molar-refractivity contribution < 1.29 is 19.3 Å². The van der Waals surface area contributed by atoms with Crippen molar-refractivity contribution in [2.24, 2.45) is 0 Å². The van der Waals surface area contributed by atoms with E-state index in [1.165, 1.54) is 0 Å². The van der Waals surface area contributed by atoms with Crippen LogP contribution in [0.25, 0.3) is 0 Å². The Morgan fingerprint density at radius 2 is 2.18 bits per heavy atom. The SMILES string of the molecule is COC1C[C@H](OC)[C@@H](CO)O1. The van der Waals surface area contributed by atoms with Gasteiger partial charge in [-0.25, -0.2) is 0 Å². The Balaban J connectivity index is 2.41. The Bertz CT molecular complexity index is 105. The average Bonchev–Trinajstić information content (AvgIpc) is 2.46. The highest BCUT2D eigenvalue weighted by molar-refractivity contribution is 4.78. The molecule has 0 radical (unpaired) electrons. The Morgan fingerprint density at radius 1 is 1.45 bits per heavy atom. The van der Waals surface area contributed by atoms with E-state index in [-0.39, 0.29) is 25.1 Å². The molecular formula is C7H14O4. The zero-order valence-corrected chi connectivity index (χ0v) is 6.82. The number of aliphatic hydroxyl groups is 1. The number of hydrogen-bond donors (Lipinski definition) is 1. The van der Waals surface area contributed by atoms with Gasteiger partial charge < -0.3 is 19.3 Å². The lowest BCUT2D eigenvalue weighted by Crippen LogP contribution is -2.26. The fraction of sp³-hybridized carbons (Fsp3) is 1.00. The van der Waals surface area contributed by atoms with E-state index in [1.807, 2.05) is 0 Å². The van der Waals surface area contributed by atoms with Crippen LogP contribution in [0.5, 0.6) is 0 Å². The van der Waals surface area contributed by atoms with Crippen LogP contribution in [0, 0.1) is 0 Å². The number of ether oxygens (including phenoxy) is 3. The molecule has 4 nitrogen and oxygen atoms in total. The van der Waals surface area contributed by atoms with Crippen molar-refractivity contribution in [2.75, 3.05) is 20.8 Å². The van der Waals surface area contributed by atoms with Crippen molar-refractivity contribution in [1.82, 2.24) is 0 Å². The molecule has 1 unspecified atom stereocenters. The summed E-state index contributed by atoms with van der Waals surface area (Å²) in [7, 11) is 3.19. The molecule has 0 amide bonds. The fourth-order valence-corrected chi connectivity index (χ4v) is 1.24. The van der Waals surface area contributed by atoms with E-state index in [0.29, 0.717) is 6.42 Å². The van der Waals surface area contributed by atoms with E-state index < -0.39 is 0 Å². The molecule has 0 aromatic heterocycles. The molecule has 0 saturated carbocycles. The minimum absolute atomic E-state index is 0.0155. The summed E-state index contributed by atoms with van der Waals surface area (Å²) >= 11 is 0. The molecular weight excluding hydrogens is 148 g/mol. The van der Waals surface area contributed by atoms with E-state index in [0.717, 1.165) is 0 Å². The molecule has 0 spiro atoms. The third-order valence-electron chi connectivity index (χ3n) is 1.91. The fourth-order valence-electron chi connectivity index (χ4n) is 1.24. The van der Waals surface area contributed by atoms with E-state index >= 15 is 0 Å². The van der Waals surface area contributed by atoms with E-state index in [2.05, 4.69) is 0 Å². The molecule has 1 aliphatic heterocycles. The first-order valence-electron chi connectivity index (χ1n) is 3.63. The number of hydrogen-bond acceptors (Lipinski definition) is 4. The van der Waals surface area contributed by atoms with Crippen LogP contribution >= 0.6 is 0 Å². The van der Waals surface area contributed by atoms with Crippen LogP contribution in [0.15, 0.2) is 0 Å². The molecule has 0 bridgehead atoms. The van der Waals surface area contributed by atoms with Gasteiger partial charge in [0.25, 0.3) is 0 Å². The normalized spacial score (nSPS) is 37.9. The Hall–Kier alpha value is -0.160. The van der Waals surface area contributed by atoms with Gasteiger partial charge >= 0.3 is 0 Å². The predicted octanol–water partition coefficient (Wildman–Crippen LogP) is -0.245. The monoisotopic (exact) mass is 162 g/mol. The maximum atomic E-state index is 8.82. The van der Waals surface area contributed by atoms with Gasteiger partial charge in [0, 0.05) is 20.6 Å². The largest absolute Gasteiger partial charge is 0.394 e. The van der Waals surface area contributed by atoms with Crippen LogP contribution in [0.4, 0.5) is 0 Å². The van der Waals surface area contributed by atoms with Crippen LogP contribution in [-0.2, 0) is 14.2 Å². The van der Waals surface area contributed by atoms with Crippen molar-refractivity contribution in [1.29, 1.82) is 0 Å². The number of rotatable bonds is 3. The molecule has 11 heavy (non-hydrogen) atoms. The first-order valence-corrected chi connectivity index (χ1v) is 3.63. The summed E-state index contributed by atoms with van der Waals surface area (Å²) in [6.07, 6.45) is 0.199. The lowest BCUT2D eigenvalue weighted by Gasteiger charge is -2.12. The molecule has 66 valence electrons. The molecule has 3 atom stereocenters. The van der Waals surface area contributed by atoms with E-state index in [4.69, 9.17) is 19.3 Å². The maximum Gasteiger partial charge on any atom is 0.160 e. The zero-order chi connectivity index (χ0) is 8.27. The van der Waals surface area contributed by atoms with Gasteiger partial charge in [-0.05, 0) is 0 Å². The predicted molar refractivity (Wildman–Crippen MR) is 38.2 cm³/mol. The van der Waals surface area contributed by atoms with Crippen LogP contribution in [-0.4, -0.2) is 44.4 Å². The number of aliphatic hydroxyl groups excluding tert-OH is 1. The van der Waals surface area contributed by atoms with Crippen LogP contribution in [0.1, 0.15) is 6.42 Å². The summed E-state index contributed by atoms with van der Waals surface area (Å²) in [6, 6.07) is 0. The molecule has 1 rings (SSSR count). The van der Waals surface area contributed by atoms with Crippen molar-refractivity contribution in [3.63, 3.8) is 0 Å². The minimum Gasteiger partial charge on any atom is -0.394 e. The molecule has 1 saturated heterocycles. The summed E-state index contributed by atoms with van der Waals surface area (Å²) < 4.78 is 15.3. The molecule has 4 heteroatoms. The first-order chi connectivity index (χ1) is 5.31. The zero-order valence-electron chi connectivity index (χ0n) is 6.82. The van der Waals surface area contributed by atoms with Gasteiger partial charge in [-0.3, -0.25) is 0 Å². The summed E-state index contributed by atoms with van der Waals surface area (Å²) in [5.41, 5.74) is 0. The third-order valence-corrected chi connectivity index (χ3v) is 1.91. The molecule has 1 heterocycles. The summed E-state index contributed by atoms with van der Waals surface area (Å²) in [5.74, 6) is 0. The Kier molecular flexibility index (Phi) is 3.26. The average molecular weight is 162 g/mol. The summed E-state index contributed by atoms with van der Waals surface area (Å²) in [4.78, 5) is 0. The molecule has 0 aliphatic carbocycles. The quantitative estimate of drug-likeness (QED) is 0.622. The lowest BCUT2D eigenvalue weighted by molar-refractivity contribution is -0.128. The first kappa shape index (κ1) is 8.93. The second-order valence-corrected chi connectivity index (χ2v) is 2.53. The third kappa shape index (κ3) is 1.90.